The molecule has 0 amide bonds. The highest BCUT2D eigenvalue weighted by atomic mass is 16.5. The fourth-order valence-corrected chi connectivity index (χ4v) is 1.61. The number of rotatable bonds is 1. The third-order valence-electron chi connectivity index (χ3n) is 2.60. The van der Waals surface area contributed by atoms with Crippen LogP contribution >= 0.6 is 0 Å². The molecule has 2 nitrogen and oxygen atoms in total. The Kier molecular flexibility index (Phi) is 1.46. The highest BCUT2D eigenvalue weighted by Crippen LogP contribution is 2.42. The Hall–Kier alpha value is -0.500. The molecule has 0 atom stereocenters. The molecule has 2 aliphatic rings. The van der Waals surface area contributed by atoms with Crippen molar-refractivity contribution in [2.45, 2.75) is 25.4 Å². The molecule has 1 heterocycles. The third-order valence-corrected chi connectivity index (χ3v) is 2.60. The first-order valence-electron chi connectivity index (χ1n) is 4.26. The first-order chi connectivity index (χ1) is 5.22. The Morgan fingerprint density at radius 1 is 1.55 bits per heavy atom. The van der Waals surface area contributed by atoms with E-state index < -0.39 is 0 Å². The van der Waals surface area contributed by atoms with Crippen molar-refractivity contribution in [2.75, 3.05) is 19.7 Å². The fourth-order valence-electron chi connectivity index (χ4n) is 1.61. The van der Waals surface area contributed by atoms with Gasteiger partial charge in [-0.15, -0.1) is 0 Å². The van der Waals surface area contributed by atoms with Gasteiger partial charge < -0.3 is 9.64 Å². The summed E-state index contributed by atoms with van der Waals surface area (Å²) in [6, 6.07) is 0. The Balaban J connectivity index is 1.98. The van der Waals surface area contributed by atoms with E-state index in [9.17, 15) is 0 Å². The second-order valence-corrected chi connectivity index (χ2v) is 3.69. The highest BCUT2D eigenvalue weighted by molar-refractivity contribution is 5.04. The molecule has 0 aromatic rings. The van der Waals surface area contributed by atoms with Crippen molar-refractivity contribution in [3.8, 4) is 0 Å². The summed E-state index contributed by atoms with van der Waals surface area (Å²) in [5.74, 6) is 0. The van der Waals surface area contributed by atoms with Gasteiger partial charge >= 0.3 is 0 Å². The van der Waals surface area contributed by atoms with Crippen LogP contribution in [0.25, 0.3) is 0 Å². The molecule has 2 rings (SSSR count). The monoisotopic (exact) mass is 153 g/mol. The van der Waals surface area contributed by atoms with Crippen LogP contribution in [0.5, 0.6) is 0 Å². The summed E-state index contributed by atoms with van der Waals surface area (Å²) in [6.07, 6.45) is 2.49. The van der Waals surface area contributed by atoms with Gasteiger partial charge in [-0.25, -0.2) is 0 Å². The lowest BCUT2D eigenvalue weighted by Gasteiger charge is -2.34. The molecule has 2 heteroatoms. The zero-order valence-electron chi connectivity index (χ0n) is 7.10. The van der Waals surface area contributed by atoms with Crippen molar-refractivity contribution < 1.29 is 4.74 Å². The average molecular weight is 153 g/mol. The zero-order chi connectivity index (χ0) is 7.90. The summed E-state index contributed by atoms with van der Waals surface area (Å²) in [4.78, 5) is 2.33. The topological polar surface area (TPSA) is 12.5 Å². The highest BCUT2D eigenvalue weighted by Gasteiger charge is 2.47. The molecule has 0 radical (unpaired) electrons. The van der Waals surface area contributed by atoms with Crippen molar-refractivity contribution in [2.24, 2.45) is 0 Å². The molecule has 1 aliphatic heterocycles. The van der Waals surface area contributed by atoms with E-state index in [0.717, 1.165) is 19.7 Å². The van der Waals surface area contributed by atoms with Crippen LogP contribution in [0.3, 0.4) is 0 Å². The minimum absolute atomic E-state index is 0.247. The smallest absolute Gasteiger partial charge is 0.0859 e. The Bertz CT molecular complexity index is 184. The second-order valence-electron chi connectivity index (χ2n) is 3.69. The largest absolute Gasteiger partial charge is 0.371 e. The van der Waals surface area contributed by atoms with Crippen molar-refractivity contribution in [1.82, 2.24) is 4.90 Å². The van der Waals surface area contributed by atoms with Gasteiger partial charge in [-0.1, -0.05) is 6.58 Å². The van der Waals surface area contributed by atoms with Gasteiger partial charge in [-0.05, 0) is 19.8 Å². The van der Waals surface area contributed by atoms with Crippen molar-refractivity contribution in [1.29, 1.82) is 0 Å². The molecule has 2 fully saturated rings. The Morgan fingerprint density at radius 3 is 2.82 bits per heavy atom. The van der Waals surface area contributed by atoms with Crippen LogP contribution < -0.4 is 0 Å². The average Bonchev–Trinajstić information content (AvgIpc) is 2.69. The number of ether oxygens (including phenoxy) is 1. The molecule has 0 aromatic heterocycles. The molecular formula is C9H15NO. The molecule has 0 bridgehead atoms. The number of allylic oxidation sites excluding steroid dienone is 1. The molecule has 1 saturated heterocycles. The molecular weight excluding hydrogens is 138 g/mol. The van der Waals surface area contributed by atoms with Crippen molar-refractivity contribution in [3.05, 3.63) is 12.3 Å². The van der Waals surface area contributed by atoms with Gasteiger partial charge in [0, 0.05) is 18.8 Å². The molecule has 62 valence electrons. The summed E-state index contributed by atoms with van der Waals surface area (Å²) in [7, 11) is 0. The van der Waals surface area contributed by atoms with Crippen LogP contribution in [0.2, 0.25) is 0 Å². The van der Waals surface area contributed by atoms with E-state index >= 15 is 0 Å². The maximum absolute atomic E-state index is 5.67. The number of hydrogen-bond acceptors (Lipinski definition) is 2. The molecule has 0 unspecified atom stereocenters. The van der Waals surface area contributed by atoms with Gasteiger partial charge in [0.05, 0.1) is 12.2 Å². The molecule has 11 heavy (non-hydrogen) atoms. The quantitative estimate of drug-likeness (QED) is 0.564. The number of morpholine rings is 1. The second kappa shape index (κ2) is 2.24. The van der Waals surface area contributed by atoms with Crippen LogP contribution in [-0.4, -0.2) is 30.2 Å². The van der Waals surface area contributed by atoms with E-state index in [1.165, 1.54) is 18.5 Å². The van der Waals surface area contributed by atoms with E-state index in [2.05, 4.69) is 18.4 Å². The Morgan fingerprint density at radius 2 is 2.27 bits per heavy atom. The van der Waals surface area contributed by atoms with Gasteiger partial charge in [0.25, 0.3) is 0 Å². The Labute approximate surface area is 67.8 Å². The van der Waals surface area contributed by atoms with Crippen LogP contribution in [0.15, 0.2) is 12.3 Å². The van der Waals surface area contributed by atoms with E-state index in [4.69, 9.17) is 4.74 Å². The van der Waals surface area contributed by atoms with Gasteiger partial charge in [0.2, 0.25) is 0 Å². The first kappa shape index (κ1) is 7.17. The maximum Gasteiger partial charge on any atom is 0.0859 e. The predicted octanol–water partition coefficient (Wildman–Crippen LogP) is 1.38. The zero-order valence-corrected chi connectivity index (χ0v) is 7.10. The van der Waals surface area contributed by atoms with Gasteiger partial charge in [-0.2, -0.15) is 0 Å². The standard InChI is InChI=1S/C9H15NO/c1-8(2)10-5-6-11-9(7-10)3-4-9/h1,3-7H2,2H3. The fraction of sp³-hybridized carbons (Fsp3) is 0.778. The summed E-state index contributed by atoms with van der Waals surface area (Å²) in [5.41, 5.74) is 1.43. The van der Waals surface area contributed by atoms with Crippen LogP contribution in [0.4, 0.5) is 0 Å². The number of nitrogens with zero attached hydrogens (tertiary/aromatic N) is 1. The van der Waals surface area contributed by atoms with E-state index in [-0.39, 0.29) is 5.60 Å². The van der Waals surface area contributed by atoms with Gasteiger partial charge in [-0.3, -0.25) is 0 Å². The predicted molar refractivity (Wildman–Crippen MR) is 44.3 cm³/mol. The normalized spacial score (nSPS) is 27.2. The minimum atomic E-state index is 0.247. The van der Waals surface area contributed by atoms with E-state index in [1.807, 2.05) is 0 Å². The molecule has 1 aliphatic carbocycles. The lowest BCUT2D eigenvalue weighted by atomic mass is 10.2. The number of hydrogen-bond donors (Lipinski definition) is 0. The lowest BCUT2D eigenvalue weighted by molar-refractivity contribution is -0.0346. The third kappa shape index (κ3) is 1.27. The lowest BCUT2D eigenvalue weighted by Crippen LogP contribution is -2.42. The summed E-state index contributed by atoms with van der Waals surface area (Å²) < 4.78 is 5.67. The molecule has 1 spiro atoms. The van der Waals surface area contributed by atoms with Crippen LogP contribution in [0.1, 0.15) is 19.8 Å². The van der Waals surface area contributed by atoms with Crippen molar-refractivity contribution in [3.63, 3.8) is 0 Å². The maximum atomic E-state index is 5.67. The van der Waals surface area contributed by atoms with E-state index in [1.54, 1.807) is 0 Å². The first-order valence-corrected chi connectivity index (χ1v) is 4.26. The minimum Gasteiger partial charge on any atom is -0.371 e. The van der Waals surface area contributed by atoms with Crippen LogP contribution in [0, 0.1) is 0 Å². The molecule has 0 N–H and O–H groups in total. The summed E-state index contributed by atoms with van der Waals surface area (Å²) in [6.45, 7) is 8.99. The summed E-state index contributed by atoms with van der Waals surface area (Å²) >= 11 is 0. The SMILES string of the molecule is C=C(C)N1CCOC2(CC2)C1. The van der Waals surface area contributed by atoms with E-state index in [0.29, 0.717) is 0 Å². The van der Waals surface area contributed by atoms with Gasteiger partial charge in [0.1, 0.15) is 0 Å². The summed E-state index contributed by atoms with van der Waals surface area (Å²) in [5, 5.41) is 0. The van der Waals surface area contributed by atoms with Gasteiger partial charge in [0.15, 0.2) is 0 Å². The molecule has 0 aromatic carbocycles. The van der Waals surface area contributed by atoms with Crippen molar-refractivity contribution >= 4 is 0 Å². The molecule has 1 saturated carbocycles. The van der Waals surface area contributed by atoms with Crippen LogP contribution in [-0.2, 0) is 4.74 Å².